The van der Waals surface area contributed by atoms with Gasteiger partial charge in [0.2, 0.25) is 11.7 Å². The van der Waals surface area contributed by atoms with Gasteiger partial charge in [-0.2, -0.15) is 0 Å². The second-order valence-corrected chi connectivity index (χ2v) is 23.8. The van der Waals surface area contributed by atoms with Gasteiger partial charge in [0.15, 0.2) is 11.5 Å². The molecule has 0 heterocycles. The van der Waals surface area contributed by atoms with E-state index in [1.165, 1.54) is 277 Å². The van der Waals surface area contributed by atoms with Gasteiger partial charge < -0.3 is 24.3 Å². The maximum Gasteiger partial charge on any atom is 0.306 e. The largest absolute Gasteiger partial charge is 0.490 e. The molecule has 0 aliphatic heterocycles. The fraction of sp³-hybridized carbons (Fsp3) is 0.884. The van der Waals surface area contributed by atoms with Crippen molar-refractivity contribution in [2.45, 2.75) is 369 Å². The van der Waals surface area contributed by atoms with Crippen molar-refractivity contribution < 1.29 is 28.5 Å². The molecule has 0 radical (unpaired) electrons. The highest BCUT2D eigenvalue weighted by atomic mass is 16.5. The number of ether oxygens (including phenoxy) is 4. The minimum atomic E-state index is -0.238. The molecule has 1 N–H and O–H groups in total. The van der Waals surface area contributed by atoms with Crippen molar-refractivity contribution >= 4 is 17.6 Å². The van der Waals surface area contributed by atoms with Crippen molar-refractivity contribution in [3.05, 3.63) is 11.6 Å². The molecular weight excluding hydrogens is 939 g/mol. The molecule has 0 atom stereocenters. The quantitative estimate of drug-likeness (QED) is 0.0517. The van der Waals surface area contributed by atoms with Gasteiger partial charge in [-0.1, -0.05) is 324 Å². The topological polar surface area (TPSA) is 83.1 Å². The number of unbranched alkanes of at least 4 members (excludes halogenated alkanes) is 45. The molecule has 446 valence electrons. The van der Waals surface area contributed by atoms with Crippen LogP contribution >= 0.6 is 0 Å². The smallest absolute Gasteiger partial charge is 0.306 e. The Kier molecular flexibility index (Phi) is 52.6. The Balaban J connectivity index is 2.91. The Morgan fingerprint density at radius 2 is 0.671 bits per heavy atom. The number of benzene rings is 1. The summed E-state index contributed by atoms with van der Waals surface area (Å²) in [5.41, 5.74) is 1.20. The van der Waals surface area contributed by atoms with Crippen LogP contribution in [0.3, 0.4) is 0 Å². The number of nitrogens with one attached hydrogen (secondary N) is 1. The summed E-state index contributed by atoms with van der Waals surface area (Å²) in [6, 6.07) is 1.93. The highest BCUT2D eigenvalue weighted by Crippen LogP contribution is 2.47. The van der Waals surface area contributed by atoms with E-state index < -0.39 is 0 Å². The second kappa shape index (κ2) is 55.9. The lowest BCUT2D eigenvalue weighted by molar-refractivity contribution is -0.145. The van der Waals surface area contributed by atoms with E-state index in [0.717, 1.165) is 44.9 Å². The van der Waals surface area contributed by atoms with E-state index in [1.54, 1.807) is 0 Å². The van der Waals surface area contributed by atoms with Gasteiger partial charge in [0, 0.05) is 18.9 Å². The number of carbonyl (C=O) groups is 2. The fourth-order valence-corrected chi connectivity index (χ4v) is 10.6. The minimum Gasteiger partial charge on any atom is -0.490 e. The Labute approximate surface area is 473 Å². The van der Waals surface area contributed by atoms with Gasteiger partial charge >= 0.3 is 5.97 Å². The zero-order chi connectivity index (χ0) is 55.0. The molecule has 1 aromatic carbocycles. The van der Waals surface area contributed by atoms with Crippen molar-refractivity contribution in [3.63, 3.8) is 0 Å². The van der Waals surface area contributed by atoms with Crippen LogP contribution in [0.15, 0.2) is 6.07 Å². The molecule has 0 aromatic heterocycles. The minimum absolute atomic E-state index is 0.0246. The summed E-state index contributed by atoms with van der Waals surface area (Å²) in [5.74, 6) is 1.64. The third-order valence-electron chi connectivity index (χ3n) is 15.6. The van der Waals surface area contributed by atoms with Crippen LogP contribution in [0.2, 0.25) is 0 Å². The van der Waals surface area contributed by atoms with E-state index in [-0.39, 0.29) is 18.5 Å². The summed E-state index contributed by atoms with van der Waals surface area (Å²) in [4.78, 5) is 25.9. The molecule has 1 amide bonds. The molecule has 0 unspecified atom stereocenters. The predicted molar refractivity (Wildman–Crippen MR) is 330 cm³/mol. The van der Waals surface area contributed by atoms with E-state index >= 15 is 0 Å². The highest BCUT2D eigenvalue weighted by molar-refractivity contribution is 5.93. The van der Waals surface area contributed by atoms with Gasteiger partial charge in [0.1, 0.15) is 6.61 Å². The van der Waals surface area contributed by atoms with Gasteiger partial charge in [-0.25, -0.2) is 0 Å². The summed E-state index contributed by atoms with van der Waals surface area (Å²) < 4.78 is 26.0. The third-order valence-corrected chi connectivity index (χ3v) is 15.6. The summed E-state index contributed by atoms with van der Waals surface area (Å²) >= 11 is 0. The fourth-order valence-electron chi connectivity index (χ4n) is 10.6. The lowest BCUT2D eigenvalue weighted by atomic mass is 10.0. The van der Waals surface area contributed by atoms with Gasteiger partial charge in [-0.3, -0.25) is 9.59 Å². The molecule has 0 bridgehead atoms. The lowest BCUT2D eigenvalue weighted by Gasteiger charge is -2.23. The third kappa shape index (κ3) is 45.4. The summed E-state index contributed by atoms with van der Waals surface area (Å²) in [7, 11) is 0. The predicted octanol–water partition coefficient (Wildman–Crippen LogP) is 23.0. The Hall–Kier alpha value is -2.44. The van der Waals surface area contributed by atoms with Crippen LogP contribution in [-0.2, 0) is 20.9 Å². The first kappa shape index (κ1) is 71.6. The summed E-state index contributed by atoms with van der Waals surface area (Å²) in [6.07, 6.45) is 64.5. The number of esters is 1. The Morgan fingerprint density at radius 3 is 0.961 bits per heavy atom. The lowest BCUT2D eigenvalue weighted by Crippen LogP contribution is -2.15. The summed E-state index contributed by atoms with van der Waals surface area (Å²) in [6.45, 7) is 14.3. The first-order valence-corrected chi connectivity index (χ1v) is 33.8. The molecule has 7 nitrogen and oxygen atoms in total. The van der Waals surface area contributed by atoms with Crippen LogP contribution in [0.5, 0.6) is 17.2 Å². The van der Waals surface area contributed by atoms with Crippen molar-refractivity contribution in [2.24, 2.45) is 5.92 Å². The number of anilines is 1. The van der Waals surface area contributed by atoms with Crippen LogP contribution in [-0.4, -0.2) is 31.7 Å². The van der Waals surface area contributed by atoms with Crippen LogP contribution in [0, 0.1) is 5.92 Å². The molecule has 0 aliphatic rings. The molecule has 0 saturated carbocycles. The van der Waals surface area contributed by atoms with Gasteiger partial charge in [0.25, 0.3) is 0 Å². The number of hydrogen-bond donors (Lipinski definition) is 1. The van der Waals surface area contributed by atoms with E-state index in [4.69, 9.17) is 18.9 Å². The summed E-state index contributed by atoms with van der Waals surface area (Å²) in [5, 5.41) is 3.08. The highest BCUT2D eigenvalue weighted by Gasteiger charge is 2.24. The Morgan fingerprint density at radius 1 is 0.395 bits per heavy atom. The average molecular weight is 1070 g/mol. The van der Waals surface area contributed by atoms with Crippen molar-refractivity contribution in [3.8, 4) is 17.2 Å². The number of hydrogen-bond acceptors (Lipinski definition) is 6. The van der Waals surface area contributed by atoms with E-state index in [0.29, 0.717) is 60.7 Å². The van der Waals surface area contributed by atoms with Gasteiger partial charge in [0.05, 0.1) is 25.5 Å². The molecule has 0 aliphatic carbocycles. The van der Waals surface area contributed by atoms with E-state index in [1.807, 2.05) is 6.07 Å². The number of rotatable bonds is 60. The van der Waals surface area contributed by atoms with E-state index in [2.05, 4.69) is 39.9 Å². The zero-order valence-electron chi connectivity index (χ0n) is 51.8. The van der Waals surface area contributed by atoms with Gasteiger partial charge in [-0.05, 0) is 37.7 Å². The maximum atomic E-state index is 13.0. The van der Waals surface area contributed by atoms with Crippen molar-refractivity contribution in [2.75, 3.05) is 25.1 Å². The molecule has 0 fully saturated rings. The van der Waals surface area contributed by atoms with Crippen molar-refractivity contribution in [1.29, 1.82) is 0 Å². The standard InChI is InChI=1S/C69H129NO6/c1-7-10-13-16-19-22-25-28-31-34-37-40-43-46-49-52-57-73-65-60-64(61-76-66(72)56-55-62(4)5)67(70-63(6)71)69(75-59-54-51-48-45-42-39-36-33-30-27-24-21-18-15-12-9-3)68(65)74-58-53-50-47-44-41-38-35-32-29-26-23-20-17-14-11-8-2/h60,62H,7-59,61H2,1-6H3,(H,70,71). The van der Waals surface area contributed by atoms with Gasteiger partial charge in [-0.15, -0.1) is 0 Å². The Bertz CT molecular complexity index is 1410. The number of carbonyl (C=O) groups excluding carboxylic acids is 2. The van der Waals surface area contributed by atoms with Crippen LogP contribution < -0.4 is 19.5 Å². The van der Waals surface area contributed by atoms with Crippen molar-refractivity contribution in [1.82, 2.24) is 0 Å². The molecule has 0 spiro atoms. The molecule has 1 rings (SSSR count). The molecule has 1 aromatic rings. The molecule has 7 heteroatoms. The van der Waals surface area contributed by atoms with Crippen LogP contribution in [0.1, 0.15) is 368 Å². The monoisotopic (exact) mass is 1070 g/mol. The SMILES string of the molecule is CCCCCCCCCCCCCCCCCCOc1cc(COC(=O)CCC(C)C)c(NC(C)=O)c(OCCCCCCCCCCCCCCCCCC)c1OCCCCCCCCCCCCCCCCCC. The number of amides is 1. The first-order chi connectivity index (χ1) is 37.3. The maximum absolute atomic E-state index is 13.0. The van der Waals surface area contributed by atoms with E-state index in [9.17, 15) is 9.59 Å². The molecule has 0 saturated heterocycles. The normalized spacial score (nSPS) is 11.5. The van der Waals surface area contributed by atoms with Crippen LogP contribution in [0.25, 0.3) is 0 Å². The molecule has 76 heavy (non-hydrogen) atoms. The first-order valence-electron chi connectivity index (χ1n) is 33.8. The zero-order valence-corrected chi connectivity index (χ0v) is 51.8. The van der Waals surface area contributed by atoms with Crippen LogP contribution in [0.4, 0.5) is 5.69 Å². The average Bonchev–Trinajstić information content (AvgIpc) is 3.41. The molecular formula is C69H129NO6. The second-order valence-electron chi connectivity index (χ2n) is 23.8.